The lowest BCUT2D eigenvalue weighted by Gasteiger charge is -2.36. The van der Waals surface area contributed by atoms with Crippen LogP contribution in [0.4, 0.5) is 0 Å². The third-order valence-electron chi connectivity index (χ3n) is 4.95. The van der Waals surface area contributed by atoms with Crippen LogP contribution in [0.1, 0.15) is 58.1 Å². The molecule has 1 heterocycles. The van der Waals surface area contributed by atoms with Gasteiger partial charge < -0.3 is 10.2 Å². The molecule has 1 aromatic rings. The van der Waals surface area contributed by atoms with E-state index in [1.54, 1.807) is 0 Å². The fourth-order valence-electron chi connectivity index (χ4n) is 3.58. The molecule has 1 aromatic carbocycles. The molecule has 1 aliphatic rings. The standard InChI is InChI=1S/C19H32N2/c1-4-13-21-14-11-17(12-15-21)16(3)20-19(5-2)18-9-7-6-8-10-18/h6-10,16-17,19-20H,4-5,11-15H2,1-3H3. The van der Waals surface area contributed by atoms with E-state index in [1.807, 2.05) is 0 Å². The maximum atomic E-state index is 3.88. The first kappa shape index (κ1) is 16.5. The Morgan fingerprint density at radius 1 is 1.14 bits per heavy atom. The lowest BCUT2D eigenvalue weighted by Crippen LogP contribution is -2.43. The zero-order chi connectivity index (χ0) is 15.1. The van der Waals surface area contributed by atoms with Gasteiger partial charge in [-0.05, 0) is 63.7 Å². The Morgan fingerprint density at radius 3 is 2.38 bits per heavy atom. The van der Waals surface area contributed by atoms with Crippen LogP contribution in [0.25, 0.3) is 0 Å². The average Bonchev–Trinajstić information content (AvgIpc) is 2.54. The maximum Gasteiger partial charge on any atom is 0.0320 e. The Labute approximate surface area is 130 Å². The van der Waals surface area contributed by atoms with Gasteiger partial charge in [-0.15, -0.1) is 0 Å². The van der Waals surface area contributed by atoms with Gasteiger partial charge in [0.15, 0.2) is 0 Å². The molecule has 0 amide bonds. The van der Waals surface area contributed by atoms with E-state index in [1.165, 1.54) is 44.5 Å². The molecule has 2 atom stereocenters. The molecule has 21 heavy (non-hydrogen) atoms. The summed E-state index contributed by atoms with van der Waals surface area (Å²) in [7, 11) is 0. The first-order chi connectivity index (χ1) is 10.2. The molecule has 2 heteroatoms. The van der Waals surface area contributed by atoms with E-state index in [0.717, 1.165) is 12.3 Å². The highest BCUT2D eigenvalue weighted by molar-refractivity contribution is 5.18. The van der Waals surface area contributed by atoms with Gasteiger partial charge in [-0.3, -0.25) is 0 Å². The van der Waals surface area contributed by atoms with Crippen molar-refractivity contribution in [2.24, 2.45) is 5.92 Å². The van der Waals surface area contributed by atoms with Crippen LogP contribution in [-0.4, -0.2) is 30.6 Å². The normalized spacial score (nSPS) is 20.3. The number of nitrogens with one attached hydrogen (secondary N) is 1. The predicted molar refractivity (Wildman–Crippen MR) is 91.5 cm³/mol. The number of piperidine rings is 1. The van der Waals surface area contributed by atoms with Crippen molar-refractivity contribution in [2.45, 2.75) is 58.5 Å². The summed E-state index contributed by atoms with van der Waals surface area (Å²) >= 11 is 0. The number of rotatable bonds is 7. The number of likely N-dealkylation sites (tertiary alicyclic amines) is 1. The second kappa shape index (κ2) is 8.55. The molecule has 1 aliphatic heterocycles. The molecule has 0 aliphatic carbocycles. The van der Waals surface area contributed by atoms with Gasteiger partial charge in [0.2, 0.25) is 0 Å². The van der Waals surface area contributed by atoms with Crippen molar-refractivity contribution >= 4 is 0 Å². The van der Waals surface area contributed by atoms with Gasteiger partial charge in [0.25, 0.3) is 0 Å². The van der Waals surface area contributed by atoms with Crippen LogP contribution in [-0.2, 0) is 0 Å². The van der Waals surface area contributed by atoms with Gasteiger partial charge >= 0.3 is 0 Å². The molecule has 2 rings (SSSR count). The van der Waals surface area contributed by atoms with Crippen molar-refractivity contribution in [2.75, 3.05) is 19.6 Å². The Hall–Kier alpha value is -0.860. The monoisotopic (exact) mass is 288 g/mol. The first-order valence-electron chi connectivity index (χ1n) is 8.78. The summed E-state index contributed by atoms with van der Waals surface area (Å²) in [6.45, 7) is 10.8. The third kappa shape index (κ3) is 4.82. The van der Waals surface area contributed by atoms with Crippen molar-refractivity contribution in [1.29, 1.82) is 0 Å². The van der Waals surface area contributed by atoms with Crippen LogP contribution >= 0.6 is 0 Å². The van der Waals surface area contributed by atoms with Crippen LogP contribution in [0.2, 0.25) is 0 Å². The number of hydrogen-bond acceptors (Lipinski definition) is 2. The van der Waals surface area contributed by atoms with Crippen molar-refractivity contribution in [3.63, 3.8) is 0 Å². The van der Waals surface area contributed by atoms with Gasteiger partial charge in [0.05, 0.1) is 0 Å². The molecule has 0 spiro atoms. The summed E-state index contributed by atoms with van der Waals surface area (Å²) < 4.78 is 0. The third-order valence-corrected chi connectivity index (χ3v) is 4.95. The maximum absolute atomic E-state index is 3.88. The highest BCUT2D eigenvalue weighted by Crippen LogP contribution is 2.24. The first-order valence-corrected chi connectivity index (χ1v) is 8.78. The van der Waals surface area contributed by atoms with Crippen molar-refractivity contribution in [3.05, 3.63) is 35.9 Å². The topological polar surface area (TPSA) is 15.3 Å². The van der Waals surface area contributed by atoms with E-state index in [9.17, 15) is 0 Å². The fourth-order valence-corrected chi connectivity index (χ4v) is 3.58. The predicted octanol–water partition coefficient (Wildman–Crippen LogP) is 4.24. The summed E-state index contributed by atoms with van der Waals surface area (Å²) in [5, 5.41) is 3.88. The van der Waals surface area contributed by atoms with Gasteiger partial charge in [-0.25, -0.2) is 0 Å². The lowest BCUT2D eigenvalue weighted by molar-refractivity contribution is 0.158. The van der Waals surface area contributed by atoms with E-state index >= 15 is 0 Å². The summed E-state index contributed by atoms with van der Waals surface area (Å²) in [5.74, 6) is 0.830. The van der Waals surface area contributed by atoms with Crippen LogP contribution in [0.5, 0.6) is 0 Å². The van der Waals surface area contributed by atoms with Gasteiger partial charge in [-0.1, -0.05) is 44.2 Å². The second-order valence-corrected chi connectivity index (χ2v) is 6.51. The Bertz CT molecular complexity index is 382. The van der Waals surface area contributed by atoms with E-state index in [-0.39, 0.29) is 0 Å². The fraction of sp³-hybridized carbons (Fsp3) is 0.684. The summed E-state index contributed by atoms with van der Waals surface area (Å²) in [5.41, 5.74) is 1.43. The average molecular weight is 288 g/mol. The van der Waals surface area contributed by atoms with Crippen molar-refractivity contribution in [1.82, 2.24) is 10.2 Å². The highest BCUT2D eigenvalue weighted by atomic mass is 15.1. The number of nitrogens with zero attached hydrogens (tertiary/aromatic N) is 1. The molecule has 0 aromatic heterocycles. The number of benzene rings is 1. The zero-order valence-electron chi connectivity index (χ0n) is 14.0. The molecular weight excluding hydrogens is 256 g/mol. The Balaban J connectivity index is 1.85. The van der Waals surface area contributed by atoms with Crippen LogP contribution < -0.4 is 5.32 Å². The van der Waals surface area contributed by atoms with Crippen molar-refractivity contribution < 1.29 is 0 Å². The summed E-state index contributed by atoms with van der Waals surface area (Å²) in [4.78, 5) is 2.62. The molecule has 2 nitrogen and oxygen atoms in total. The number of hydrogen-bond donors (Lipinski definition) is 1. The molecule has 1 fully saturated rings. The van der Waals surface area contributed by atoms with Crippen molar-refractivity contribution in [3.8, 4) is 0 Å². The van der Waals surface area contributed by atoms with E-state index in [0.29, 0.717) is 12.1 Å². The van der Waals surface area contributed by atoms with Gasteiger partial charge in [-0.2, -0.15) is 0 Å². The quantitative estimate of drug-likeness (QED) is 0.807. The van der Waals surface area contributed by atoms with Gasteiger partial charge in [0, 0.05) is 12.1 Å². The minimum Gasteiger partial charge on any atom is -0.307 e. The van der Waals surface area contributed by atoms with E-state index in [4.69, 9.17) is 0 Å². The summed E-state index contributed by atoms with van der Waals surface area (Å²) in [6, 6.07) is 12.0. The Kier molecular flexibility index (Phi) is 6.72. The van der Waals surface area contributed by atoms with E-state index in [2.05, 4.69) is 61.3 Å². The zero-order valence-corrected chi connectivity index (χ0v) is 14.0. The molecular formula is C19H32N2. The molecule has 0 radical (unpaired) electrons. The molecule has 2 unspecified atom stereocenters. The SMILES string of the molecule is CCCN1CCC(C(C)NC(CC)c2ccccc2)CC1. The molecule has 0 bridgehead atoms. The van der Waals surface area contributed by atoms with Crippen LogP contribution in [0, 0.1) is 5.92 Å². The lowest BCUT2D eigenvalue weighted by atomic mass is 9.89. The Morgan fingerprint density at radius 2 is 1.81 bits per heavy atom. The summed E-state index contributed by atoms with van der Waals surface area (Å²) in [6.07, 6.45) is 5.13. The molecule has 1 saturated heterocycles. The minimum atomic E-state index is 0.495. The van der Waals surface area contributed by atoms with E-state index < -0.39 is 0 Å². The second-order valence-electron chi connectivity index (χ2n) is 6.51. The minimum absolute atomic E-state index is 0.495. The van der Waals surface area contributed by atoms with Gasteiger partial charge in [0.1, 0.15) is 0 Å². The molecule has 0 saturated carbocycles. The highest BCUT2D eigenvalue weighted by Gasteiger charge is 2.25. The van der Waals surface area contributed by atoms with Crippen LogP contribution in [0.15, 0.2) is 30.3 Å². The van der Waals surface area contributed by atoms with Crippen LogP contribution in [0.3, 0.4) is 0 Å². The molecule has 1 N–H and O–H groups in total. The molecule has 118 valence electrons. The smallest absolute Gasteiger partial charge is 0.0320 e. The largest absolute Gasteiger partial charge is 0.307 e.